The lowest BCUT2D eigenvalue weighted by Crippen LogP contribution is -1.95. The van der Waals surface area contributed by atoms with Crippen LogP contribution in [0, 0.1) is 6.92 Å². The Labute approximate surface area is 109 Å². The molecule has 0 bridgehead atoms. The molecule has 0 fully saturated rings. The van der Waals surface area contributed by atoms with Crippen LogP contribution in [0.3, 0.4) is 0 Å². The van der Waals surface area contributed by atoms with Gasteiger partial charge in [-0.2, -0.15) is 0 Å². The van der Waals surface area contributed by atoms with E-state index in [1.165, 1.54) is 11.3 Å². The highest BCUT2D eigenvalue weighted by Crippen LogP contribution is 2.39. The van der Waals surface area contributed by atoms with Crippen LogP contribution in [0.15, 0.2) is 21.3 Å². The number of thiophene rings is 2. The van der Waals surface area contributed by atoms with Gasteiger partial charge in [-0.05, 0) is 45.9 Å². The smallest absolute Gasteiger partial charge is 0.123 e. The predicted molar refractivity (Wildman–Crippen MR) is 70.1 cm³/mol. The Hall–Kier alpha value is 0.130. The Balaban J connectivity index is 2.36. The van der Waals surface area contributed by atoms with Gasteiger partial charge in [0.1, 0.15) is 6.10 Å². The Morgan fingerprint density at radius 1 is 1.53 bits per heavy atom. The predicted octanol–water partition coefficient (Wildman–Crippen LogP) is 4.62. The van der Waals surface area contributed by atoms with Crippen molar-refractivity contribution >= 4 is 50.2 Å². The third-order valence-corrected chi connectivity index (χ3v) is 5.68. The zero-order chi connectivity index (χ0) is 11.0. The van der Waals surface area contributed by atoms with Crippen molar-refractivity contribution in [3.05, 3.63) is 41.6 Å². The molecule has 2 heterocycles. The van der Waals surface area contributed by atoms with E-state index in [-0.39, 0.29) is 0 Å². The Morgan fingerprint density at radius 2 is 2.27 bits per heavy atom. The quantitative estimate of drug-likeness (QED) is 0.855. The average Bonchev–Trinajstić information content (AvgIpc) is 2.74. The maximum atomic E-state index is 10.1. The summed E-state index contributed by atoms with van der Waals surface area (Å²) in [6.07, 6.45) is -0.557. The molecule has 1 unspecified atom stereocenters. The highest BCUT2D eigenvalue weighted by Gasteiger charge is 2.17. The molecule has 1 N–H and O–H groups in total. The summed E-state index contributed by atoms with van der Waals surface area (Å²) in [5, 5.41) is 12.8. The van der Waals surface area contributed by atoms with Crippen molar-refractivity contribution < 1.29 is 5.11 Å². The fourth-order valence-electron chi connectivity index (χ4n) is 1.29. The molecule has 1 atom stereocenters. The van der Waals surface area contributed by atoms with Gasteiger partial charge in [0.15, 0.2) is 0 Å². The van der Waals surface area contributed by atoms with Crippen molar-refractivity contribution in [2.75, 3.05) is 0 Å². The highest BCUT2D eigenvalue weighted by molar-refractivity contribution is 9.11. The molecule has 0 saturated heterocycles. The first-order valence-electron chi connectivity index (χ1n) is 4.26. The standard InChI is InChI=1S/C10H8BrClOS2/c1-5-2-3-14-9(5)8(13)7-4-6(12)10(11)15-7/h2-4,8,13H,1H3. The van der Waals surface area contributed by atoms with Crippen molar-refractivity contribution in [1.29, 1.82) is 0 Å². The molecular weight excluding hydrogens is 316 g/mol. The largest absolute Gasteiger partial charge is 0.382 e. The first-order valence-corrected chi connectivity index (χ1v) is 7.13. The molecule has 0 saturated carbocycles. The van der Waals surface area contributed by atoms with E-state index < -0.39 is 6.10 Å². The molecule has 0 aliphatic heterocycles. The van der Waals surface area contributed by atoms with Gasteiger partial charge >= 0.3 is 0 Å². The van der Waals surface area contributed by atoms with Crippen LogP contribution in [-0.2, 0) is 0 Å². The molecule has 1 nitrogen and oxygen atoms in total. The zero-order valence-corrected chi connectivity index (χ0v) is 11.8. The van der Waals surface area contributed by atoms with Gasteiger partial charge in [0.25, 0.3) is 0 Å². The number of aliphatic hydroxyl groups is 1. The van der Waals surface area contributed by atoms with Crippen LogP contribution in [0.1, 0.15) is 21.4 Å². The van der Waals surface area contributed by atoms with E-state index in [1.54, 1.807) is 17.4 Å². The van der Waals surface area contributed by atoms with Crippen LogP contribution in [-0.4, -0.2) is 5.11 Å². The van der Waals surface area contributed by atoms with Crippen molar-refractivity contribution in [3.63, 3.8) is 0 Å². The van der Waals surface area contributed by atoms with Gasteiger partial charge in [0.05, 0.1) is 8.81 Å². The minimum Gasteiger partial charge on any atom is -0.382 e. The molecular formula is C10H8BrClOS2. The van der Waals surface area contributed by atoms with Gasteiger partial charge < -0.3 is 5.11 Å². The summed E-state index contributed by atoms with van der Waals surface area (Å²) in [5.41, 5.74) is 1.12. The van der Waals surface area contributed by atoms with E-state index in [2.05, 4.69) is 15.9 Å². The van der Waals surface area contributed by atoms with E-state index in [4.69, 9.17) is 11.6 Å². The highest BCUT2D eigenvalue weighted by atomic mass is 79.9. The van der Waals surface area contributed by atoms with Crippen LogP contribution in [0.4, 0.5) is 0 Å². The van der Waals surface area contributed by atoms with Crippen LogP contribution < -0.4 is 0 Å². The molecule has 80 valence electrons. The summed E-state index contributed by atoms with van der Waals surface area (Å²) in [5.74, 6) is 0. The van der Waals surface area contributed by atoms with Crippen LogP contribution in [0.2, 0.25) is 5.02 Å². The van der Waals surface area contributed by atoms with E-state index in [0.29, 0.717) is 5.02 Å². The minimum absolute atomic E-state index is 0.557. The fraction of sp³-hybridized carbons (Fsp3) is 0.200. The molecule has 0 aromatic carbocycles. The lowest BCUT2D eigenvalue weighted by atomic mass is 10.2. The summed E-state index contributed by atoms with van der Waals surface area (Å²) < 4.78 is 0.868. The van der Waals surface area contributed by atoms with E-state index in [9.17, 15) is 5.11 Å². The molecule has 5 heteroatoms. The summed E-state index contributed by atoms with van der Waals surface area (Å²) in [6.45, 7) is 2.00. The maximum absolute atomic E-state index is 10.1. The molecule has 2 aromatic heterocycles. The molecule has 2 rings (SSSR count). The van der Waals surface area contributed by atoms with Crippen LogP contribution in [0.25, 0.3) is 0 Å². The second-order valence-electron chi connectivity index (χ2n) is 3.14. The van der Waals surface area contributed by atoms with E-state index >= 15 is 0 Å². The first kappa shape index (κ1) is 11.6. The monoisotopic (exact) mass is 322 g/mol. The van der Waals surface area contributed by atoms with Crippen molar-refractivity contribution in [3.8, 4) is 0 Å². The van der Waals surface area contributed by atoms with Crippen LogP contribution >= 0.6 is 50.2 Å². The van der Waals surface area contributed by atoms with Gasteiger partial charge in [0.2, 0.25) is 0 Å². The lowest BCUT2D eigenvalue weighted by Gasteiger charge is -2.06. The Kier molecular flexibility index (Phi) is 3.52. The van der Waals surface area contributed by atoms with Gasteiger partial charge in [-0.1, -0.05) is 11.6 Å². The summed E-state index contributed by atoms with van der Waals surface area (Å²) in [6, 6.07) is 3.81. The van der Waals surface area contributed by atoms with Gasteiger partial charge in [-0.3, -0.25) is 0 Å². The Morgan fingerprint density at radius 3 is 2.73 bits per heavy atom. The molecule has 15 heavy (non-hydrogen) atoms. The normalized spacial score (nSPS) is 13.1. The second kappa shape index (κ2) is 4.55. The van der Waals surface area contributed by atoms with Crippen molar-refractivity contribution in [2.45, 2.75) is 13.0 Å². The summed E-state index contributed by atoms with van der Waals surface area (Å²) in [4.78, 5) is 1.86. The number of hydrogen-bond donors (Lipinski definition) is 1. The molecule has 0 aliphatic rings. The summed E-state index contributed by atoms with van der Waals surface area (Å²) >= 11 is 12.3. The van der Waals surface area contributed by atoms with Gasteiger partial charge in [-0.15, -0.1) is 22.7 Å². The van der Waals surface area contributed by atoms with E-state index in [0.717, 1.165) is 19.1 Å². The number of aliphatic hydroxyl groups excluding tert-OH is 1. The third kappa shape index (κ3) is 2.29. The first-order chi connectivity index (χ1) is 7.09. The topological polar surface area (TPSA) is 20.2 Å². The number of rotatable bonds is 2. The number of hydrogen-bond acceptors (Lipinski definition) is 3. The minimum atomic E-state index is -0.557. The Bertz CT molecular complexity index is 458. The fourth-order valence-corrected chi connectivity index (χ4v) is 4.04. The molecule has 0 aliphatic carbocycles. The van der Waals surface area contributed by atoms with E-state index in [1.807, 2.05) is 18.4 Å². The molecule has 0 amide bonds. The SMILES string of the molecule is Cc1ccsc1C(O)c1cc(Cl)c(Br)s1. The average molecular weight is 324 g/mol. The molecule has 0 radical (unpaired) electrons. The summed E-state index contributed by atoms with van der Waals surface area (Å²) in [7, 11) is 0. The maximum Gasteiger partial charge on any atom is 0.123 e. The third-order valence-electron chi connectivity index (χ3n) is 2.08. The van der Waals surface area contributed by atoms with Gasteiger partial charge in [-0.25, -0.2) is 0 Å². The van der Waals surface area contributed by atoms with Crippen molar-refractivity contribution in [2.24, 2.45) is 0 Å². The number of aryl methyl sites for hydroxylation is 1. The second-order valence-corrected chi connectivity index (χ2v) is 6.90. The zero-order valence-electron chi connectivity index (χ0n) is 7.83. The molecule has 0 spiro atoms. The lowest BCUT2D eigenvalue weighted by molar-refractivity contribution is 0.227. The van der Waals surface area contributed by atoms with Crippen molar-refractivity contribution in [1.82, 2.24) is 0 Å². The van der Waals surface area contributed by atoms with Crippen LogP contribution in [0.5, 0.6) is 0 Å². The van der Waals surface area contributed by atoms with Gasteiger partial charge in [0, 0.05) is 9.75 Å². The molecule has 2 aromatic rings. The number of halogens is 2.